The number of rotatable bonds is 6. The SMILES string of the molecule is C.C.CS(=O)(=O)Nc1ccc(Cl)cc1C(=O)c1ccncc1.Nc1ccc(Cl)cc1C(=O)c1ccncc1. The summed E-state index contributed by atoms with van der Waals surface area (Å²) in [4.78, 5) is 32.1. The Kier molecular flexibility index (Phi) is 12.1. The number of benzene rings is 2. The third-order valence-electron chi connectivity index (χ3n) is 4.67. The first-order valence-corrected chi connectivity index (χ1v) is 12.9. The van der Waals surface area contributed by atoms with E-state index in [2.05, 4.69) is 14.7 Å². The van der Waals surface area contributed by atoms with E-state index in [9.17, 15) is 18.0 Å². The Morgan fingerprint density at radius 2 is 1.16 bits per heavy atom. The monoisotopic (exact) mass is 574 g/mol. The smallest absolute Gasteiger partial charge is 0.229 e. The zero-order valence-corrected chi connectivity index (χ0v) is 21.2. The molecule has 4 aromatic rings. The number of carbonyl (C=O) groups is 2. The highest BCUT2D eigenvalue weighted by molar-refractivity contribution is 7.92. The number of nitrogens with two attached hydrogens (primary N) is 1. The Balaban J connectivity index is 0.000000368. The Labute approximate surface area is 232 Å². The maximum absolute atomic E-state index is 12.4. The van der Waals surface area contributed by atoms with E-state index in [1.807, 2.05) is 0 Å². The number of nitrogens with zero attached hydrogens (tertiary/aromatic N) is 2. The van der Waals surface area contributed by atoms with Crippen LogP contribution in [0.25, 0.3) is 0 Å². The summed E-state index contributed by atoms with van der Waals surface area (Å²) in [6.07, 6.45) is 7.12. The summed E-state index contributed by atoms with van der Waals surface area (Å²) >= 11 is 11.7. The van der Waals surface area contributed by atoms with Gasteiger partial charge in [-0.2, -0.15) is 0 Å². The van der Waals surface area contributed by atoms with Crippen molar-refractivity contribution < 1.29 is 18.0 Å². The molecule has 8 nitrogen and oxygen atoms in total. The number of hydrogen-bond acceptors (Lipinski definition) is 7. The molecule has 0 aliphatic rings. The highest BCUT2D eigenvalue weighted by Crippen LogP contribution is 2.24. The van der Waals surface area contributed by atoms with Crippen LogP contribution in [-0.2, 0) is 10.0 Å². The number of ketones is 2. The van der Waals surface area contributed by atoms with Gasteiger partial charge in [0.2, 0.25) is 10.0 Å². The van der Waals surface area contributed by atoms with Crippen LogP contribution in [0, 0.1) is 0 Å². The van der Waals surface area contributed by atoms with E-state index in [-0.39, 0.29) is 37.7 Å². The lowest BCUT2D eigenvalue weighted by atomic mass is 10.0. The maximum atomic E-state index is 12.4. The summed E-state index contributed by atoms with van der Waals surface area (Å²) in [5, 5.41) is 0.841. The Morgan fingerprint density at radius 1 is 0.737 bits per heavy atom. The van der Waals surface area contributed by atoms with Crippen LogP contribution >= 0.6 is 23.2 Å². The molecule has 11 heteroatoms. The lowest BCUT2D eigenvalue weighted by Gasteiger charge is -2.10. The molecule has 2 heterocycles. The van der Waals surface area contributed by atoms with Crippen LogP contribution in [0.5, 0.6) is 0 Å². The average Bonchev–Trinajstić information content (AvgIpc) is 2.86. The van der Waals surface area contributed by atoms with Gasteiger partial charge in [-0.25, -0.2) is 8.42 Å². The van der Waals surface area contributed by atoms with Crippen molar-refractivity contribution in [2.24, 2.45) is 0 Å². The fourth-order valence-corrected chi connectivity index (χ4v) is 3.96. The molecule has 3 N–H and O–H groups in total. The van der Waals surface area contributed by atoms with Gasteiger partial charge in [-0.1, -0.05) is 38.1 Å². The first-order chi connectivity index (χ1) is 17.0. The van der Waals surface area contributed by atoms with Crippen molar-refractivity contribution in [2.75, 3.05) is 16.7 Å². The zero-order valence-electron chi connectivity index (χ0n) is 18.9. The summed E-state index contributed by atoms with van der Waals surface area (Å²) < 4.78 is 25.0. The Bertz CT molecular complexity index is 1500. The van der Waals surface area contributed by atoms with E-state index >= 15 is 0 Å². The number of pyridine rings is 2. The van der Waals surface area contributed by atoms with Gasteiger partial charge in [-0.3, -0.25) is 24.3 Å². The first kappa shape index (κ1) is 32.2. The molecule has 0 saturated carbocycles. The number of carbonyl (C=O) groups excluding carboxylic acids is 2. The number of nitrogens with one attached hydrogen (secondary N) is 1. The van der Waals surface area contributed by atoms with Gasteiger partial charge in [0, 0.05) is 62.8 Å². The van der Waals surface area contributed by atoms with Gasteiger partial charge in [0.25, 0.3) is 0 Å². The summed E-state index contributed by atoms with van der Waals surface area (Å²) in [6, 6.07) is 15.6. The van der Waals surface area contributed by atoms with Gasteiger partial charge in [0.05, 0.1) is 11.9 Å². The highest BCUT2D eigenvalue weighted by atomic mass is 35.5. The van der Waals surface area contributed by atoms with Gasteiger partial charge >= 0.3 is 0 Å². The molecule has 0 aliphatic heterocycles. The largest absolute Gasteiger partial charge is 0.398 e. The lowest BCUT2D eigenvalue weighted by molar-refractivity contribution is 0.103. The number of halogens is 2. The van der Waals surface area contributed by atoms with Crippen molar-refractivity contribution in [3.05, 3.63) is 118 Å². The minimum absolute atomic E-state index is 0. The van der Waals surface area contributed by atoms with E-state index in [0.717, 1.165) is 6.26 Å². The second kappa shape index (κ2) is 14.2. The second-order valence-electron chi connectivity index (χ2n) is 7.43. The minimum Gasteiger partial charge on any atom is -0.398 e. The molecule has 0 atom stereocenters. The third kappa shape index (κ3) is 8.95. The fourth-order valence-electron chi connectivity index (χ4n) is 3.04. The fraction of sp³-hybridized carbons (Fsp3) is 0.111. The highest BCUT2D eigenvalue weighted by Gasteiger charge is 2.16. The molecule has 2 aromatic heterocycles. The van der Waals surface area contributed by atoms with Crippen LogP contribution < -0.4 is 10.5 Å². The molecule has 0 unspecified atom stereocenters. The molecule has 0 saturated heterocycles. The van der Waals surface area contributed by atoms with Crippen LogP contribution in [0.1, 0.15) is 46.7 Å². The Hall–Kier alpha value is -3.79. The molecule has 0 bridgehead atoms. The van der Waals surface area contributed by atoms with Gasteiger partial charge in [-0.05, 0) is 60.7 Å². The van der Waals surface area contributed by atoms with Crippen molar-refractivity contribution in [2.45, 2.75) is 14.9 Å². The molecule has 200 valence electrons. The van der Waals surface area contributed by atoms with Gasteiger partial charge in [0.1, 0.15) is 0 Å². The lowest BCUT2D eigenvalue weighted by Crippen LogP contribution is -2.13. The number of nitrogen functional groups attached to an aromatic ring is 1. The predicted octanol–water partition coefficient (Wildman–Crippen LogP) is 6.16. The van der Waals surface area contributed by atoms with Crippen LogP contribution in [0.4, 0.5) is 11.4 Å². The van der Waals surface area contributed by atoms with Gasteiger partial charge in [0.15, 0.2) is 11.6 Å². The summed E-state index contributed by atoms with van der Waals surface area (Å²) in [5.41, 5.74) is 7.90. The Morgan fingerprint density at radius 3 is 1.63 bits per heavy atom. The molecule has 0 radical (unpaired) electrons. The van der Waals surface area contributed by atoms with Crippen molar-refractivity contribution in [1.29, 1.82) is 0 Å². The van der Waals surface area contributed by atoms with Gasteiger partial charge in [-0.15, -0.1) is 0 Å². The van der Waals surface area contributed by atoms with Crippen molar-refractivity contribution in [3.63, 3.8) is 0 Å². The molecule has 0 aliphatic carbocycles. The van der Waals surface area contributed by atoms with Crippen molar-refractivity contribution in [1.82, 2.24) is 9.97 Å². The van der Waals surface area contributed by atoms with E-state index in [4.69, 9.17) is 28.9 Å². The van der Waals surface area contributed by atoms with E-state index in [1.54, 1.807) is 54.9 Å². The standard InChI is InChI=1S/C13H11ClN2O3S.C12H9ClN2O.2CH4/c1-20(18,19)16-12-3-2-10(14)8-11(12)13(17)9-4-6-15-7-5-9;13-9-1-2-11(14)10(7-9)12(16)8-3-5-15-6-4-8;;/h2-8,16H,1H3;1-7H,14H2;2*1H4. The average molecular weight is 576 g/mol. The molecule has 0 spiro atoms. The van der Waals surface area contributed by atoms with E-state index < -0.39 is 10.0 Å². The molecule has 38 heavy (non-hydrogen) atoms. The van der Waals surface area contributed by atoms with Gasteiger partial charge < -0.3 is 5.73 Å². The van der Waals surface area contributed by atoms with Crippen LogP contribution in [0.2, 0.25) is 10.0 Å². The number of hydrogen-bond donors (Lipinski definition) is 2. The number of aromatic nitrogens is 2. The zero-order chi connectivity index (χ0) is 26.3. The van der Waals surface area contributed by atoms with Crippen molar-refractivity contribution in [3.8, 4) is 0 Å². The molecular weight excluding hydrogens is 547 g/mol. The normalized spacial score (nSPS) is 10.1. The first-order valence-electron chi connectivity index (χ1n) is 10.3. The minimum atomic E-state index is -3.49. The second-order valence-corrected chi connectivity index (χ2v) is 10.0. The van der Waals surface area contributed by atoms with Crippen LogP contribution in [0.15, 0.2) is 85.5 Å². The summed E-state index contributed by atoms with van der Waals surface area (Å²) in [5.74, 6) is -0.483. The number of anilines is 2. The summed E-state index contributed by atoms with van der Waals surface area (Å²) in [6.45, 7) is 0. The quantitative estimate of drug-likeness (QED) is 0.208. The third-order valence-corrected chi connectivity index (χ3v) is 5.73. The number of sulfonamides is 1. The molecule has 0 fully saturated rings. The van der Waals surface area contributed by atoms with E-state index in [0.29, 0.717) is 32.4 Å². The molecule has 0 amide bonds. The van der Waals surface area contributed by atoms with Crippen LogP contribution in [-0.4, -0.2) is 36.2 Å². The van der Waals surface area contributed by atoms with Crippen LogP contribution in [0.3, 0.4) is 0 Å². The molecular formula is C27H28Cl2N4O4S. The maximum Gasteiger partial charge on any atom is 0.229 e. The van der Waals surface area contributed by atoms with E-state index in [1.165, 1.54) is 30.6 Å². The molecule has 2 aromatic carbocycles. The summed E-state index contributed by atoms with van der Waals surface area (Å²) in [7, 11) is -3.49. The molecule has 4 rings (SSSR count). The topological polar surface area (TPSA) is 132 Å². The predicted molar refractivity (Wildman–Crippen MR) is 155 cm³/mol. The van der Waals surface area contributed by atoms with Crippen molar-refractivity contribution >= 4 is 56.2 Å².